The van der Waals surface area contributed by atoms with Crippen LogP contribution in [0.5, 0.6) is 0 Å². The number of thiophene rings is 1. The van der Waals surface area contributed by atoms with E-state index in [1.165, 1.54) is 51.0 Å². The maximum absolute atomic E-state index is 13.3. The van der Waals surface area contributed by atoms with Crippen LogP contribution < -0.4 is 10.6 Å². The first-order valence-electron chi connectivity index (χ1n) is 12.1. The Bertz CT molecular complexity index is 1280. The van der Waals surface area contributed by atoms with Crippen molar-refractivity contribution in [3.8, 4) is 0 Å². The molecule has 0 radical (unpaired) electrons. The van der Waals surface area contributed by atoms with Crippen molar-refractivity contribution in [1.29, 1.82) is 0 Å². The monoisotopic (exact) mass is 685 g/mol. The summed E-state index contributed by atoms with van der Waals surface area (Å²) in [5, 5.41) is 5.55. The number of carbonyl (C=O) groups excluding carboxylic acids is 6. The predicted molar refractivity (Wildman–Crippen MR) is 153 cm³/mol. The zero-order valence-corrected chi connectivity index (χ0v) is 26.5. The zero-order valence-electron chi connectivity index (χ0n) is 22.6. The van der Waals surface area contributed by atoms with Crippen molar-refractivity contribution in [3.05, 3.63) is 33.7 Å². The first-order chi connectivity index (χ1) is 19.5. The molecule has 3 rings (SSSR count). The molecule has 0 aliphatic carbocycles. The van der Waals surface area contributed by atoms with Crippen molar-refractivity contribution in [1.82, 2.24) is 15.5 Å². The lowest BCUT2D eigenvalue weighted by molar-refractivity contribution is -0.197. The van der Waals surface area contributed by atoms with Crippen LogP contribution in [0.15, 0.2) is 28.8 Å². The van der Waals surface area contributed by atoms with Crippen LogP contribution >= 0.6 is 57.9 Å². The van der Waals surface area contributed by atoms with Crippen molar-refractivity contribution in [3.63, 3.8) is 0 Å². The molecule has 13 nitrogen and oxygen atoms in total. The lowest BCUT2D eigenvalue weighted by atomic mass is 10.0. The molecule has 1 saturated heterocycles. The number of nitrogens with zero attached hydrogens (tertiary/aromatic N) is 1. The molecule has 1 unspecified atom stereocenters. The van der Waals surface area contributed by atoms with Crippen LogP contribution in [0.3, 0.4) is 0 Å². The fraction of sp³-hybridized carbons (Fsp3) is 0.500. The van der Waals surface area contributed by atoms with Crippen LogP contribution in [0.4, 0.5) is 4.79 Å². The number of esters is 2. The zero-order chi connectivity index (χ0) is 31.4. The molecule has 2 aliphatic heterocycles. The number of halogens is 3. The summed E-state index contributed by atoms with van der Waals surface area (Å²) in [6, 6.07) is 2.65. The van der Waals surface area contributed by atoms with Crippen LogP contribution in [-0.2, 0) is 49.3 Å². The Kier molecular flexibility index (Phi) is 11.2. The number of nitrogens with one attached hydrogen (secondary N) is 2. The molecule has 3 heterocycles. The highest BCUT2D eigenvalue weighted by molar-refractivity contribution is 8.00. The van der Waals surface area contributed by atoms with E-state index in [2.05, 4.69) is 5.32 Å². The number of rotatable bonds is 10. The number of imide groups is 1. The SMILES string of the molecule is COC(C)(C)C(=O)OC(C)OC(=O)C1=C(COC(=O)NC(=O)C(Cl)(Cl)Cl)CS[C@@H]2[C@H](NC(=O)Cc3cccs3)C(=O)N12. The van der Waals surface area contributed by atoms with Gasteiger partial charge in [-0.1, -0.05) is 40.9 Å². The van der Waals surface area contributed by atoms with Gasteiger partial charge in [-0.15, -0.1) is 23.1 Å². The summed E-state index contributed by atoms with van der Waals surface area (Å²) in [4.78, 5) is 77.1. The van der Waals surface area contributed by atoms with E-state index in [9.17, 15) is 28.8 Å². The minimum atomic E-state index is -2.43. The third-order valence-corrected chi connectivity index (χ3v) is 8.60. The summed E-state index contributed by atoms with van der Waals surface area (Å²) in [5.41, 5.74) is -1.47. The van der Waals surface area contributed by atoms with Crippen LogP contribution in [0.1, 0.15) is 25.6 Å². The highest BCUT2D eigenvalue weighted by atomic mass is 35.6. The van der Waals surface area contributed by atoms with Gasteiger partial charge in [0.1, 0.15) is 23.7 Å². The van der Waals surface area contributed by atoms with E-state index < -0.39 is 63.6 Å². The highest BCUT2D eigenvalue weighted by Crippen LogP contribution is 2.41. The quantitative estimate of drug-likeness (QED) is 0.161. The molecule has 0 spiro atoms. The Balaban J connectivity index is 1.77. The number of carbonyl (C=O) groups is 6. The Labute approximate surface area is 263 Å². The molecule has 0 bridgehead atoms. The van der Waals surface area contributed by atoms with Gasteiger partial charge in [-0.2, -0.15) is 0 Å². The van der Waals surface area contributed by atoms with Gasteiger partial charge < -0.3 is 24.3 Å². The molecular weight excluding hydrogens is 661 g/mol. The number of methoxy groups -OCH3 is 1. The van der Waals surface area contributed by atoms with Gasteiger partial charge in [-0.05, 0) is 25.3 Å². The summed E-state index contributed by atoms with van der Waals surface area (Å²) in [7, 11) is 1.30. The van der Waals surface area contributed by atoms with E-state index in [4.69, 9.17) is 53.8 Å². The van der Waals surface area contributed by atoms with E-state index in [0.29, 0.717) is 0 Å². The van der Waals surface area contributed by atoms with Gasteiger partial charge in [-0.3, -0.25) is 24.6 Å². The summed E-state index contributed by atoms with van der Waals surface area (Å²) < 4.78 is 18.1. The minimum absolute atomic E-state index is 0.0622. The van der Waals surface area contributed by atoms with Gasteiger partial charge in [0.15, 0.2) is 5.60 Å². The molecule has 4 amide bonds. The molecule has 18 heteroatoms. The second kappa shape index (κ2) is 13.8. The van der Waals surface area contributed by atoms with Crippen LogP contribution in [0, 0.1) is 0 Å². The second-order valence-corrected chi connectivity index (χ2v) is 13.7. The van der Waals surface area contributed by atoms with Crippen LogP contribution in [-0.4, -0.2) is 87.2 Å². The Hall–Kier alpha value is -2.56. The van der Waals surface area contributed by atoms with Gasteiger partial charge >= 0.3 is 18.0 Å². The van der Waals surface area contributed by atoms with Gasteiger partial charge in [0.25, 0.3) is 15.6 Å². The smallest absolute Gasteiger partial charge is 0.414 e. The minimum Gasteiger partial charge on any atom is -0.445 e. The summed E-state index contributed by atoms with van der Waals surface area (Å²) in [5.74, 6) is -4.08. The molecular formula is C24H26Cl3N3O10S2. The van der Waals surface area contributed by atoms with Crippen LogP contribution in [0.2, 0.25) is 0 Å². The fourth-order valence-electron chi connectivity index (χ4n) is 3.54. The normalized spacial score (nSPS) is 19.2. The second-order valence-electron chi connectivity index (χ2n) is 9.28. The standard InChI is InChI=1S/C24H26Cl3N3O10S2/c1-11(40-21(35)23(2,3)37-4)39-19(33)16-12(9-38-22(36)29-20(34)24(25,26)27)10-42-18-15(17(32)30(16)18)28-14(31)8-13-6-5-7-41-13/h5-7,11,15,18H,8-10H2,1-4H3,(H,28,31)(H,29,34,36)/t11?,15-,18-/m1/s1. The topological polar surface area (TPSA) is 167 Å². The molecule has 0 saturated carbocycles. The summed E-state index contributed by atoms with van der Waals surface area (Å²) >= 11 is 18.9. The van der Waals surface area contributed by atoms with Crippen molar-refractivity contribution in [2.45, 2.75) is 54.3 Å². The first kappa shape index (κ1) is 33.9. The van der Waals surface area contributed by atoms with Crippen molar-refractivity contribution >= 4 is 93.7 Å². The van der Waals surface area contributed by atoms with E-state index >= 15 is 0 Å². The average molecular weight is 687 g/mol. The van der Waals surface area contributed by atoms with E-state index in [0.717, 1.165) is 9.78 Å². The number of amides is 4. The lowest BCUT2D eigenvalue weighted by Gasteiger charge is -2.49. The maximum Gasteiger partial charge on any atom is 0.414 e. The Morgan fingerprint density at radius 2 is 1.86 bits per heavy atom. The van der Waals surface area contributed by atoms with Crippen molar-refractivity contribution < 1.29 is 47.7 Å². The lowest BCUT2D eigenvalue weighted by Crippen LogP contribution is -2.70. The third kappa shape index (κ3) is 8.29. The number of alkyl halides is 3. The number of fused-ring (bicyclic) bond motifs is 1. The van der Waals surface area contributed by atoms with Gasteiger partial charge in [0.2, 0.25) is 12.2 Å². The van der Waals surface area contributed by atoms with E-state index in [1.807, 2.05) is 5.38 Å². The number of ether oxygens (including phenoxy) is 4. The van der Waals surface area contributed by atoms with Crippen molar-refractivity contribution in [2.75, 3.05) is 19.5 Å². The summed E-state index contributed by atoms with van der Waals surface area (Å²) in [6.45, 7) is 3.63. The molecule has 42 heavy (non-hydrogen) atoms. The number of hydrogen-bond donors (Lipinski definition) is 2. The number of hydrogen-bond acceptors (Lipinski definition) is 12. The maximum atomic E-state index is 13.3. The molecule has 2 aliphatic rings. The number of β-lactam (4-membered cyclic amide) rings is 1. The molecule has 1 aromatic rings. The molecule has 230 valence electrons. The van der Waals surface area contributed by atoms with Crippen LogP contribution in [0.25, 0.3) is 0 Å². The molecule has 1 fully saturated rings. The first-order valence-corrected chi connectivity index (χ1v) is 15.1. The summed E-state index contributed by atoms with van der Waals surface area (Å²) in [6.07, 6.45) is -2.60. The van der Waals surface area contributed by atoms with Crippen molar-refractivity contribution in [2.24, 2.45) is 0 Å². The molecule has 2 N–H and O–H groups in total. The third-order valence-electron chi connectivity index (χ3n) is 5.87. The van der Waals surface area contributed by atoms with Gasteiger partial charge in [-0.25, -0.2) is 14.4 Å². The number of alkyl carbamates (subject to hydrolysis) is 1. The van der Waals surface area contributed by atoms with E-state index in [1.54, 1.807) is 17.4 Å². The molecule has 3 atom stereocenters. The van der Waals surface area contributed by atoms with Gasteiger partial charge in [0, 0.05) is 30.2 Å². The Morgan fingerprint density at radius 3 is 2.45 bits per heavy atom. The predicted octanol–water partition coefficient (Wildman–Crippen LogP) is 2.43. The Morgan fingerprint density at radius 1 is 1.17 bits per heavy atom. The average Bonchev–Trinajstić information content (AvgIpc) is 3.42. The largest absolute Gasteiger partial charge is 0.445 e. The highest BCUT2D eigenvalue weighted by Gasteiger charge is 2.54. The fourth-order valence-corrected chi connectivity index (χ4v) is 5.71. The molecule has 0 aromatic carbocycles. The number of thioether (sulfide) groups is 1. The van der Waals surface area contributed by atoms with E-state index in [-0.39, 0.29) is 29.4 Å². The van der Waals surface area contributed by atoms with Gasteiger partial charge in [0.05, 0.1) is 6.42 Å². The molecule has 1 aromatic heterocycles.